The summed E-state index contributed by atoms with van der Waals surface area (Å²) in [4.78, 5) is 26.0. The third-order valence-corrected chi connectivity index (χ3v) is 5.32. The van der Waals surface area contributed by atoms with Crippen LogP contribution in [0.15, 0.2) is 29.6 Å². The van der Waals surface area contributed by atoms with E-state index in [0.29, 0.717) is 39.1 Å². The highest BCUT2D eigenvalue weighted by Gasteiger charge is 2.29. The molecule has 1 unspecified atom stereocenters. The van der Waals surface area contributed by atoms with E-state index in [1.54, 1.807) is 23.3 Å². The number of hydrogen-bond donors (Lipinski definition) is 1. The van der Waals surface area contributed by atoms with E-state index in [2.05, 4.69) is 35.0 Å². The fourth-order valence-electron chi connectivity index (χ4n) is 3.01. The predicted octanol–water partition coefficient (Wildman–Crippen LogP) is 2.40. The second kappa shape index (κ2) is 7.77. The van der Waals surface area contributed by atoms with Gasteiger partial charge in [-0.1, -0.05) is 6.07 Å². The molecular weight excluding hydrogens is 324 g/mol. The third-order valence-electron chi connectivity index (χ3n) is 4.42. The van der Waals surface area contributed by atoms with Crippen LogP contribution >= 0.6 is 11.3 Å². The van der Waals surface area contributed by atoms with Crippen LogP contribution in [0.25, 0.3) is 10.1 Å². The first-order chi connectivity index (χ1) is 11.7. The maximum atomic E-state index is 12.4. The lowest BCUT2D eigenvalue weighted by Gasteiger charge is -2.31. The summed E-state index contributed by atoms with van der Waals surface area (Å²) in [5.41, 5.74) is 1.09. The molecular formula is C18H22N2O3S. The normalized spacial score (nSPS) is 18.1. The van der Waals surface area contributed by atoms with Gasteiger partial charge in [0.05, 0.1) is 12.5 Å². The average Bonchev–Trinajstić information content (AvgIpc) is 3.06. The van der Waals surface area contributed by atoms with Crippen molar-refractivity contribution in [1.29, 1.82) is 0 Å². The fourth-order valence-corrected chi connectivity index (χ4v) is 3.78. The molecule has 1 saturated heterocycles. The molecule has 2 heterocycles. The smallest absolute Gasteiger partial charge is 0.225 e. The van der Waals surface area contributed by atoms with Gasteiger partial charge in [-0.15, -0.1) is 11.3 Å². The van der Waals surface area contributed by atoms with Gasteiger partial charge in [0.1, 0.15) is 0 Å². The Morgan fingerprint density at radius 3 is 3.12 bits per heavy atom. The van der Waals surface area contributed by atoms with E-state index >= 15 is 0 Å². The third kappa shape index (κ3) is 3.94. The summed E-state index contributed by atoms with van der Waals surface area (Å²) in [5.74, 6) is -0.00113. The van der Waals surface area contributed by atoms with E-state index in [-0.39, 0.29) is 17.7 Å². The summed E-state index contributed by atoms with van der Waals surface area (Å²) in [5, 5.41) is 6.29. The van der Waals surface area contributed by atoms with Gasteiger partial charge in [-0.25, -0.2) is 0 Å². The number of thiophene rings is 1. The van der Waals surface area contributed by atoms with Crippen LogP contribution in [0.1, 0.15) is 18.4 Å². The molecule has 1 N–H and O–H groups in total. The summed E-state index contributed by atoms with van der Waals surface area (Å²) in [6.07, 6.45) is 1.06. The fraction of sp³-hybridized carbons (Fsp3) is 0.444. The molecule has 128 valence electrons. The van der Waals surface area contributed by atoms with Crippen molar-refractivity contribution >= 4 is 33.2 Å². The van der Waals surface area contributed by atoms with Crippen molar-refractivity contribution in [3.05, 3.63) is 35.2 Å². The van der Waals surface area contributed by atoms with Gasteiger partial charge in [-0.05, 0) is 40.9 Å². The Morgan fingerprint density at radius 2 is 2.29 bits per heavy atom. The minimum absolute atomic E-state index is 0.0235. The zero-order chi connectivity index (χ0) is 16.9. The molecule has 1 aromatic carbocycles. The van der Waals surface area contributed by atoms with Gasteiger partial charge in [0.15, 0.2) is 0 Å². The largest absolute Gasteiger partial charge is 0.383 e. The van der Waals surface area contributed by atoms with E-state index in [0.717, 1.165) is 5.56 Å². The molecule has 0 radical (unpaired) electrons. The number of methoxy groups -OCH3 is 1. The van der Waals surface area contributed by atoms with Crippen molar-refractivity contribution in [1.82, 2.24) is 10.2 Å². The number of carbonyl (C=O) groups is 2. The Bertz CT molecular complexity index is 728. The van der Waals surface area contributed by atoms with E-state index in [9.17, 15) is 9.59 Å². The van der Waals surface area contributed by atoms with Crippen molar-refractivity contribution in [3.63, 3.8) is 0 Å². The van der Waals surface area contributed by atoms with Crippen LogP contribution in [0, 0.1) is 5.92 Å². The van der Waals surface area contributed by atoms with Crippen LogP contribution in [-0.4, -0.2) is 43.5 Å². The average molecular weight is 346 g/mol. The number of hydrogen-bond acceptors (Lipinski definition) is 4. The number of piperidine rings is 1. The lowest BCUT2D eigenvalue weighted by molar-refractivity contribution is -0.138. The van der Waals surface area contributed by atoms with Crippen LogP contribution in [0.2, 0.25) is 0 Å². The van der Waals surface area contributed by atoms with E-state index in [1.165, 1.54) is 10.1 Å². The summed E-state index contributed by atoms with van der Waals surface area (Å²) in [6.45, 7) is 2.05. The Balaban J connectivity index is 1.55. The SMILES string of the molecule is COCCN1CC(C(=O)NCc2ccc3sccc3c2)CCC1=O. The molecule has 1 aliphatic heterocycles. The van der Waals surface area contributed by atoms with Crippen LogP contribution in [0.3, 0.4) is 0 Å². The Labute approximate surface area is 145 Å². The monoisotopic (exact) mass is 346 g/mol. The Kier molecular flexibility index (Phi) is 5.48. The number of likely N-dealkylation sites (tertiary alicyclic amines) is 1. The van der Waals surface area contributed by atoms with Gasteiger partial charge >= 0.3 is 0 Å². The van der Waals surface area contributed by atoms with Crippen LogP contribution < -0.4 is 5.32 Å². The molecule has 1 aliphatic rings. The molecule has 6 heteroatoms. The molecule has 2 amide bonds. The highest BCUT2D eigenvalue weighted by molar-refractivity contribution is 7.17. The maximum Gasteiger partial charge on any atom is 0.225 e. The highest BCUT2D eigenvalue weighted by Crippen LogP contribution is 2.22. The predicted molar refractivity (Wildman–Crippen MR) is 94.9 cm³/mol. The number of nitrogens with zero attached hydrogens (tertiary/aromatic N) is 1. The van der Waals surface area contributed by atoms with Crippen molar-refractivity contribution in [3.8, 4) is 0 Å². The van der Waals surface area contributed by atoms with Gasteiger partial charge < -0.3 is 15.0 Å². The van der Waals surface area contributed by atoms with Gasteiger partial charge in [0, 0.05) is 37.9 Å². The number of carbonyl (C=O) groups excluding carboxylic acids is 2. The lowest BCUT2D eigenvalue weighted by atomic mass is 9.96. The molecule has 24 heavy (non-hydrogen) atoms. The quantitative estimate of drug-likeness (QED) is 0.874. The molecule has 3 rings (SSSR count). The second-order valence-electron chi connectivity index (χ2n) is 6.08. The number of ether oxygens (including phenoxy) is 1. The van der Waals surface area contributed by atoms with Crippen molar-refractivity contribution < 1.29 is 14.3 Å². The number of benzene rings is 1. The van der Waals surface area contributed by atoms with Crippen LogP contribution in [0.5, 0.6) is 0 Å². The lowest BCUT2D eigenvalue weighted by Crippen LogP contribution is -2.46. The van der Waals surface area contributed by atoms with Gasteiger partial charge in [-0.3, -0.25) is 9.59 Å². The molecule has 1 atom stereocenters. The summed E-state index contributed by atoms with van der Waals surface area (Å²) >= 11 is 1.71. The van der Waals surface area contributed by atoms with Crippen molar-refractivity contribution in [2.24, 2.45) is 5.92 Å². The minimum atomic E-state index is -0.135. The van der Waals surface area contributed by atoms with E-state index in [1.807, 2.05) is 0 Å². The van der Waals surface area contributed by atoms with E-state index in [4.69, 9.17) is 4.74 Å². The molecule has 0 saturated carbocycles. The van der Waals surface area contributed by atoms with E-state index < -0.39 is 0 Å². The van der Waals surface area contributed by atoms with Gasteiger partial charge in [0.2, 0.25) is 11.8 Å². The number of amides is 2. The molecule has 5 nitrogen and oxygen atoms in total. The van der Waals surface area contributed by atoms with Crippen LogP contribution in [0.4, 0.5) is 0 Å². The van der Waals surface area contributed by atoms with Crippen LogP contribution in [-0.2, 0) is 20.9 Å². The first-order valence-electron chi connectivity index (χ1n) is 8.18. The number of nitrogens with one attached hydrogen (secondary N) is 1. The zero-order valence-electron chi connectivity index (χ0n) is 13.8. The molecule has 0 spiro atoms. The molecule has 0 bridgehead atoms. The number of fused-ring (bicyclic) bond motifs is 1. The van der Waals surface area contributed by atoms with Crippen molar-refractivity contribution in [2.75, 3.05) is 26.8 Å². The maximum absolute atomic E-state index is 12.4. The summed E-state index contributed by atoms with van der Waals surface area (Å²) in [6, 6.07) is 8.34. The first-order valence-corrected chi connectivity index (χ1v) is 9.06. The van der Waals surface area contributed by atoms with Gasteiger partial charge in [-0.2, -0.15) is 0 Å². The molecule has 1 aromatic heterocycles. The first kappa shape index (κ1) is 16.9. The molecule has 1 fully saturated rings. The van der Waals surface area contributed by atoms with Gasteiger partial charge in [0.25, 0.3) is 0 Å². The topological polar surface area (TPSA) is 58.6 Å². The minimum Gasteiger partial charge on any atom is -0.383 e. The zero-order valence-corrected chi connectivity index (χ0v) is 14.6. The molecule has 2 aromatic rings. The molecule has 0 aliphatic carbocycles. The standard InChI is InChI=1S/C18H22N2O3S/c1-23-8-7-20-12-15(3-5-17(20)21)18(22)19-11-13-2-4-16-14(10-13)6-9-24-16/h2,4,6,9-10,15H,3,5,7-8,11-12H2,1H3,(H,19,22). The van der Waals surface area contributed by atoms with Crippen molar-refractivity contribution in [2.45, 2.75) is 19.4 Å². The Morgan fingerprint density at radius 1 is 1.42 bits per heavy atom. The number of rotatable bonds is 6. The summed E-state index contributed by atoms with van der Waals surface area (Å²) < 4.78 is 6.28. The highest BCUT2D eigenvalue weighted by atomic mass is 32.1. The Hall–Kier alpha value is -1.92. The second-order valence-corrected chi connectivity index (χ2v) is 7.03. The summed E-state index contributed by atoms with van der Waals surface area (Å²) in [7, 11) is 1.61.